The molecular weight excluding hydrogens is 728 g/mol. The quantitative estimate of drug-likeness (QED) is 0.201. The van der Waals surface area contributed by atoms with Crippen LogP contribution in [0.25, 0.3) is 33.5 Å². The first-order chi connectivity index (χ1) is 25.3. The minimum absolute atomic E-state index is 0.139. The van der Waals surface area contributed by atoms with Gasteiger partial charge in [0.15, 0.2) is 5.65 Å². The molecule has 54 heavy (non-hydrogen) atoms. The lowest BCUT2D eigenvalue weighted by Gasteiger charge is -2.27. The monoisotopic (exact) mass is 767 g/mol. The molecule has 16 heteroatoms. The SMILES string of the molecule is COc1cc(-c2cnc3c(n2)c(-c2ccc(C(=O)N(C)C[C@H](C)O)c(C)c2)cn3S(=O)(=O)c2ccc(C)cc2)cc2c1CN(C)CC2.O=C(O)C(F)(F)F. The lowest BCUT2D eigenvalue weighted by molar-refractivity contribution is -0.192. The number of hydrogen-bond acceptors (Lipinski definition) is 9. The first-order valence-corrected chi connectivity index (χ1v) is 18.2. The van der Waals surface area contributed by atoms with Crippen molar-refractivity contribution < 1.29 is 46.1 Å². The van der Waals surface area contributed by atoms with Crippen molar-refractivity contribution >= 4 is 33.1 Å². The van der Waals surface area contributed by atoms with E-state index >= 15 is 0 Å². The van der Waals surface area contributed by atoms with Crippen molar-refractivity contribution in [3.8, 4) is 28.1 Å². The molecule has 1 aliphatic rings. The number of alkyl halides is 3. The van der Waals surface area contributed by atoms with E-state index in [1.165, 1.54) is 14.4 Å². The molecule has 3 aromatic carbocycles. The van der Waals surface area contributed by atoms with Crippen LogP contribution in [-0.2, 0) is 27.8 Å². The van der Waals surface area contributed by atoms with E-state index in [1.54, 1.807) is 69.9 Å². The predicted octanol–water partition coefficient (Wildman–Crippen LogP) is 5.70. The fraction of sp³-hybridized carbons (Fsp3) is 0.316. The van der Waals surface area contributed by atoms with Crippen LogP contribution in [0, 0.1) is 13.8 Å². The molecule has 5 aromatic rings. The second-order valence-corrected chi connectivity index (χ2v) is 15.1. The number of ether oxygens (including phenoxy) is 1. The average Bonchev–Trinajstić information content (AvgIpc) is 3.50. The van der Waals surface area contributed by atoms with Gasteiger partial charge in [0.2, 0.25) is 0 Å². The van der Waals surface area contributed by atoms with E-state index in [9.17, 15) is 31.5 Å². The van der Waals surface area contributed by atoms with E-state index in [4.69, 9.17) is 24.6 Å². The summed E-state index contributed by atoms with van der Waals surface area (Å²) in [7, 11) is 1.38. The van der Waals surface area contributed by atoms with E-state index in [-0.39, 0.29) is 23.0 Å². The number of aromatic nitrogens is 3. The van der Waals surface area contributed by atoms with Gasteiger partial charge in [0.1, 0.15) is 11.3 Å². The number of hydrogen-bond donors (Lipinski definition) is 2. The highest BCUT2D eigenvalue weighted by Gasteiger charge is 2.38. The summed E-state index contributed by atoms with van der Waals surface area (Å²) in [6, 6.07) is 16.2. The largest absolute Gasteiger partial charge is 0.496 e. The average molecular weight is 768 g/mol. The third-order valence-electron chi connectivity index (χ3n) is 8.94. The summed E-state index contributed by atoms with van der Waals surface area (Å²) in [6.45, 7) is 7.30. The standard InChI is InChI=1S/C36H39N5O5S.C2HF3O2/c1-22-7-10-28(11-8-22)47(44,45)41-21-31(25-9-12-29(23(2)15-25)36(43)40(5)19-24(3)42)34-35(41)37-18-32(38-34)27-16-26-13-14-39(4)20-30(26)33(17-27)46-6;3-2(4,5)1(6)7/h7-12,15-18,21,24,42H,13-14,19-20H2,1-6H3;(H,6,7)/t24-;/m0./s1. The minimum Gasteiger partial charge on any atom is -0.496 e. The number of carbonyl (C=O) groups excluding carboxylic acids is 1. The maximum absolute atomic E-state index is 14.0. The fourth-order valence-electron chi connectivity index (χ4n) is 6.17. The Bertz CT molecular complexity index is 2310. The number of amides is 1. The molecule has 0 aliphatic carbocycles. The molecule has 286 valence electrons. The van der Waals surface area contributed by atoms with Crippen LogP contribution in [0.3, 0.4) is 0 Å². The number of methoxy groups -OCH3 is 1. The number of aliphatic hydroxyl groups excluding tert-OH is 1. The minimum atomic E-state index is -5.08. The first kappa shape index (κ1) is 39.9. The molecule has 12 nitrogen and oxygen atoms in total. The number of fused-ring (bicyclic) bond motifs is 2. The number of aryl methyl sites for hydroxylation is 2. The van der Waals surface area contributed by atoms with E-state index in [0.717, 1.165) is 42.0 Å². The molecule has 0 spiro atoms. The lowest BCUT2D eigenvalue weighted by atomic mass is 9.95. The lowest BCUT2D eigenvalue weighted by Crippen LogP contribution is -2.33. The molecule has 0 unspecified atom stereocenters. The smallest absolute Gasteiger partial charge is 0.490 e. The number of nitrogens with zero attached hydrogens (tertiary/aromatic N) is 5. The summed E-state index contributed by atoms with van der Waals surface area (Å²) < 4.78 is 66.7. The number of carboxylic acids is 1. The van der Waals surface area contributed by atoms with Crippen molar-refractivity contribution in [2.75, 3.05) is 34.3 Å². The number of halogens is 3. The Kier molecular flexibility index (Phi) is 11.5. The summed E-state index contributed by atoms with van der Waals surface area (Å²) in [5.41, 5.74) is 7.79. The van der Waals surface area contributed by atoms with E-state index in [2.05, 4.69) is 18.0 Å². The fourth-order valence-corrected chi connectivity index (χ4v) is 7.49. The van der Waals surface area contributed by atoms with Gasteiger partial charge in [-0.2, -0.15) is 13.2 Å². The van der Waals surface area contributed by atoms with Crippen molar-refractivity contribution in [2.45, 2.75) is 50.9 Å². The molecule has 1 amide bonds. The van der Waals surface area contributed by atoms with Gasteiger partial charge in [-0.05, 0) is 81.3 Å². The van der Waals surface area contributed by atoms with Gasteiger partial charge >= 0.3 is 12.1 Å². The summed E-state index contributed by atoms with van der Waals surface area (Å²) in [4.78, 5) is 35.7. The molecule has 6 rings (SSSR count). The van der Waals surface area contributed by atoms with Crippen molar-refractivity contribution in [1.82, 2.24) is 23.7 Å². The molecule has 2 aromatic heterocycles. The van der Waals surface area contributed by atoms with Gasteiger partial charge in [-0.1, -0.05) is 29.8 Å². The van der Waals surface area contributed by atoms with E-state index in [1.807, 2.05) is 26.0 Å². The van der Waals surface area contributed by atoms with Crippen LogP contribution in [0.5, 0.6) is 5.75 Å². The number of likely N-dealkylation sites (N-methyl/N-ethyl adjacent to an activating group) is 2. The van der Waals surface area contributed by atoms with Gasteiger partial charge < -0.3 is 24.7 Å². The van der Waals surface area contributed by atoms with Crippen LogP contribution < -0.4 is 4.74 Å². The summed E-state index contributed by atoms with van der Waals surface area (Å²) in [5, 5.41) is 16.9. The zero-order chi connectivity index (χ0) is 39.7. The molecule has 2 N–H and O–H groups in total. The molecule has 0 saturated carbocycles. The summed E-state index contributed by atoms with van der Waals surface area (Å²) in [6.07, 6.45) is -1.70. The molecular formula is C38H40F3N5O7S. The Morgan fingerprint density at radius 1 is 1.06 bits per heavy atom. The number of carbonyl (C=O) groups is 2. The van der Waals surface area contributed by atoms with Gasteiger partial charge in [0.05, 0.1) is 30.0 Å². The van der Waals surface area contributed by atoms with Crippen LogP contribution in [0.4, 0.5) is 13.2 Å². The van der Waals surface area contributed by atoms with Gasteiger partial charge in [0.25, 0.3) is 15.9 Å². The molecule has 1 atom stereocenters. The Morgan fingerprint density at radius 2 is 1.72 bits per heavy atom. The Morgan fingerprint density at radius 3 is 2.31 bits per heavy atom. The van der Waals surface area contributed by atoms with Gasteiger partial charge in [0, 0.05) is 55.1 Å². The summed E-state index contributed by atoms with van der Waals surface area (Å²) >= 11 is 0. The highest BCUT2D eigenvalue weighted by molar-refractivity contribution is 7.90. The molecule has 0 radical (unpaired) electrons. The zero-order valence-corrected chi connectivity index (χ0v) is 31.3. The van der Waals surface area contributed by atoms with Crippen molar-refractivity contribution in [1.29, 1.82) is 0 Å². The number of rotatable bonds is 8. The number of carboxylic acid groups (broad SMARTS) is 1. The van der Waals surface area contributed by atoms with Gasteiger partial charge in [-0.15, -0.1) is 0 Å². The van der Waals surface area contributed by atoms with Crippen molar-refractivity contribution in [2.24, 2.45) is 0 Å². The van der Waals surface area contributed by atoms with Gasteiger partial charge in [-0.25, -0.2) is 27.2 Å². The third-order valence-corrected chi connectivity index (χ3v) is 10.6. The van der Waals surface area contributed by atoms with Crippen LogP contribution in [-0.4, -0.2) is 101 Å². The first-order valence-electron chi connectivity index (χ1n) is 16.8. The van der Waals surface area contributed by atoms with Crippen LogP contribution in [0.2, 0.25) is 0 Å². The highest BCUT2D eigenvalue weighted by atomic mass is 32.2. The normalized spacial score (nSPS) is 13.8. The topological polar surface area (TPSA) is 155 Å². The number of benzene rings is 3. The Labute approximate surface area is 310 Å². The molecule has 1 aliphatic heterocycles. The van der Waals surface area contributed by atoms with Crippen LogP contribution in [0.1, 0.15) is 39.5 Å². The van der Waals surface area contributed by atoms with Crippen LogP contribution >= 0.6 is 0 Å². The molecule has 0 fully saturated rings. The Balaban J connectivity index is 0.000000730. The predicted molar refractivity (Wildman–Crippen MR) is 196 cm³/mol. The van der Waals surface area contributed by atoms with Crippen molar-refractivity contribution in [3.63, 3.8) is 0 Å². The molecule has 0 saturated heterocycles. The maximum Gasteiger partial charge on any atom is 0.490 e. The second-order valence-electron chi connectivity index (χ2n) is 13.3. The highest BCUT2D eigenvalue weighted by Crippen LogP contribution is 2.36. The second kappa shape index (κ2) is 15.6. The summed E-state index contributed by atoms with van der Waals surface area (Å²) in [5.74, 6) is -2.19. The van der Waals surface area contributed by atoms with Crippen LogP contribution in [0.15, 0.2) is 71.9 Å². The third kappa shape index (κ3) is 8.40. The van der Waals surface area contributed by atoms with Crippen molar-refractivity contribution in [3.05, 3.63) is 94.8 Å². The maximum atomic E-state index is 14.0. The number of aliphatic hydroxyl groups is 1. The molecule has 0 bridgehead atoms. The van der Waals surface area contributed by atoms with Gasteiger partial charge in [-0.3, -0.25) is 4.79 Å². The Hall–Kier alpha value is -5.32. The zero-order valence-electron chi connectivity index (χ0n) is 30.5. The van der Waals surface area contributed by atoms with E-state index in [0.29, 0.717) is 33.5 Å². The number of aliphatic carboxylic acids is 1. The van der Waals surface area contributed by atoms with E-state index < -0.39 is 28.3 Å². The molecule has 3 heterocycles.